The largest absolute Gasteiger partial charge is 0.368 e. The Kier molecular flexibility index (Phi) is 3.59. The van der Waals surface area contributed by atoms with E-state index in [0.29, 0.717) is 11.6 Å². The molecule has 6 heteroatoms. The second-order valence-corrected chi connectivity index (χ2v) is 3.92. The van der Waals surface area contributed by atoms with E-state index in [1.807, 2.05) is 37.3 Å². The third-order valence-electron chi connectivity index (χ3n) is 2.56. The van der Waals surface area contributed by atoms with Crippen molar-refractivity contribution in [1.29, 1.82) is 0 Å². The fraction of sp³-hybridized carbons (Fsp3) is 0.167. The van der Waals surface area contributed by atoms with Gasteiger partial charge in [-0.25, -0.2) is 5.84 Å². The van der Waals surface area contributed by atoms with Crippen molar-refractivity contribution in [3.8, 4) is 0 Å². The molecule has 0 saturated heterocycles. The summed E-state index contributed by atoms with van der Waals surface area (Å²) in [6.07, 6.45) is 0. The van der Waals surface area contributed by atoms with Crippen molar-refractivity contribution >= 4 is 17.6 Å². The van der Waals surface area contributed by atoms with Crippen LogP contribution in [0.4, 0.5) is 17.6 Å². The molecular formula is C12H16N6. The molecule has 0 amide bonds. The zero-order valence-electron chi connectivity index (χ0n) is 10.1. The molecule has 1 aromatic carbocycles. The maximum absolute atomic E-state index is 5.59. The van der Waals surface area contributed by atoms with Gasteiger partial charge in [-0.3, -0.25) is 0 Å². The Labute approximate surface area is 105 Å². The molecule has 0 saturated carbocycles. The molecule has 1 unspecified atom stereocenters. The number of aromatic nitrogens is 2. The van der Waals surface area contributed by atoms with Crippen LogP contribution in [0.1, 0.15) is 18.5 Å². The summed E-state index contributed by atoms with van der Waals surface area (Å²) in [5, 5.41) is 3.25. The fourth-order valence-corrected chi connectivity index (χ4v) is 1.66. The lowest BCUT2D eigenvalue weighted by Crippen LogP contribution is -2.13. The minimum atomic E-state index is 0.117. The molecule has 94 valence electrons. The van der Waals surface area contributed by atoms with E-state index in [-0.39, 0.29) is 12.0 Å². The molecular weight excluding hydrogens is 228 g/mol. The lowest BCUT2D eigenvalue weighted by Gasteiger charge is -2.15. The Morgan fingerprint density at radius 3 is 2.44 bits per heavy atom. The van der Waals surface area contributed by atoms with Crippen LogP contribution in [0.25, 0.3) is 0 Å². The average Bonchev–Trinajstić information content (AvgIpc) is 2.39. The molecule has 0 bridgehead atoms. The standard InChI is InChI=1S/C12H16N6/c1-8(9-5-3-2-4-6-9)15-10-7-11(18-14)17-12(13)16-10/h2-8H,14H2,1H3,(H4,13,15,16,17,18). The summed E-state index contributed by atoms with van der Waals surface area (Å²) in [7, 11) is 0. The lowest BCUT2D eigenvalue weighted by atomic mass is 10.1. The Hall–Kier alpha value is -2.34. The first-order chi connectivity index (χ1) is 8.69. The van der Waals surface area contributed by atoms with Gasteiger partial charge in [-0.05, 0) is 12.5 Å². The number of nitrogens with zero attached hydrogens (tertiary/aromatic N) is 2. The van der Waals surface area contributed by atoms with Gasteiger partial charge in [-0.1, -0.05) is 30.3 Å². The number of anilines is 3. The summed E-state index contributed by atoms with van der Waals surface area (Å²) in [6, 6.07) is 11.9. The highest BCUT2D eigenvalue weighted by Crippen LogP contribution is 2.19. The van der Waals surface area contributed by atoms with Gasteiger partial charge < -0.3 is 16.5 Å². The normalized spacial score (nSPS) is 11.9. The van der Waals surface area contributed by atoms with Gasteiger partial charge in [0.05, 0.1) is 0 Å². The summed E-state index contributed by atoms with van der Waals surface area (Å²) in [5.41, 5.74) is 9.21. The Morgan fingerprint density at radius 1 is 1.11 bits per heavy atom. The highest BCUT2D eigenvalue weighted by atomic mass is 15.3. The van der Waals surface area contributed by atoms with E-state index >= 15 is 0 Å². The zero-order chi connectivity index (χ0) is 13.0. The molecule has 1 heterocycles. The third-order valence-corrected chi connectivity index (χ3v) is 2.56. The van der Waals surface area contributed by atoms with Crippen LogP contribution in [0.2, 0.25) is 0 Å². The molecule has 0 aliphatic heterocycles. The summed E-state index contributed by atoms with van der Waals surface area (Å²) in [6.45, 7) is 2.04. The lowest BCUT2D eigenvalue weighted by molar-refractivity contribution is 0.873. The molecule has 0 radical (unpaired) electrons. The van der Waals surface area contributed by atoms with Crippen LogP contribution < -0.4 is 22.3 Å². The van der Waals surface area contributed by atoms with Crippen LogP contribution in [-0.4, -0.2) is 9.97 Å². The number of benzene rings is 1. The number of nitrogen functional groups attached to an aromatic ring is 2. The second-order valence-electron chi connectivity index (χ2n) is 3.92. The molecule has 1 atom stereocenters. The Bertz CT molecular complexity index is 513. The van der Waals surface area contributed by atoms with Crippen LogP contribution in [0.15, 0.2) is 36.4 Å². The molecule has 2 rings (SSSR count). The van der Waals surface area contributed by atoms with Crippen molar-refractivity contribution in [3.05, 3.63) is 42.0 Å². The zero-order valence-corrected chi connectivity index (χ0v) is 10.1. The molecule has 6 nitrogen and oxygen atoms in total. The van der Waals surface area contributed by atoms with Gasteiger partial charge in [0.1, 0.15) is 11.6 Å². The van der Waals surface area contributed by atoms with E-state index in [1.165, 1.54) is 0 Å². The van der Waals surface area contributed by atoms with Crippen molar-refractivity contribution < 1.29 is 0 Å². The molecule has 0 aliphatic carbocycles. The van der Waals surface area contributed by atoms with Gasteiger partial charge in [0.25, 0.3) is 0 Å². The number of nitrogens with two attached hydrogens (primary N) is 2. The second kappa shape index (κ2) is 5.33. The monoisotopic (exact) mass is 244 g/mol. The summed E-state index contributed by atoms with van der Waals surface area (Å²) < 4.78 is 0. The van der Waals surface area contributed by atoms with E-state index in [4.69, 9.17) is 11.6 Å². The van der Waals surface area contributed by atoms with E-state index in [2.05, 4.69) is 20.7 Å². The van der Waals surface area contributed by atoms with E-state index in [0.717, 1.165) is 5.56 Å². The molecule has 0 fully saturated rings. The van der Waals surface area contributed by atoms with E-state index in [1.54, 1.807) is 6.07 Å². The van der Waals surface area contributed by atoms with Gasteiger partial charge in [0.15, 0.2) is 0 Å². The first-order valence-corrected chi connectivity index (χ1v) is 5.61. The predicted molar refractivity (Wildman–Crippen MR) is 72.7 cm³/mol. The predicted octanol–water partition coefficient (Wildman–Crippen LogP) is 1.52. The van der Waals surface area contributed by atoms with Crippen molar-refractivity contribution in [3.63, 3.8) is 0 Å². The molecule has 0 aliphatic rings. The van der Waals surface area contributed by atoms with Crippen LogP contribution in [0.3, 0.4) is 0 Å². The first-order valence-electron chi connectivity index (χ1n) is 5.61. The number of nitrogens with one attached hydrogen (secondary N) is 2. The quantitative estimate of drug-likeness (QED) is 0.480. The smallest absolute Gasteiger partial charge is 0.223 e. The minimum absolute atomic E-state index is 0.117. The highest BCUT2D eigenvalue weighted by molar-refractivity contribution is 5.51. The highest BCUT2D eigenvalue weighted by Gasteiger charge is 2.07. The van der Waals surface area contributed by atoms with Crippen LogP contribution in [0, 0.1) is 0 Å². The summed E-state index contributed by atoms with van der Waals surface area (Å²) >= 11 is 0. The van der Waals surface area contributed by atoms with Crippen LogP contribution in [-0.2, 0) is 0 Å². The van der Waals surface area contributed by atoms with E-state index in [9.17, 15) is 0 Å². The summed E-state index contributed by atoms with van der Waals surface area (Å²) in [5.74, 6) is 6.59. The van der Waals surface area contributed by atoms with Crippen LogP contribution in [0.5, 0.6) is 0 Å². The topological polar surface area (TPSA) is 102 Å². The number of hydrogen-bond acceptors (Lipinski definition) is 6. The SMILES string of the molecule is CC(Nc1cc(NN)nc(N)n1)c1ccccc1. The fourth-order valence-electron chi connectivity index (χ4n) is 1.66. The number of hydrogen-bond donors (Lipinski definition) is 4. The maximum atomic E-state index is 5.59. The molecule has 0 spiro atoms. The van der Waals surface area contributed by atoms with E-state index < -0.39 is 0 Å². The van der Waals surface area contributed by atoms with Gasteiger partial charge in [0, 0.05) is 12.1 Å². The first kappa shape index (κ1) is 12.1. The van der Waals surface area contributed by atoms with Crippen molar-refractivity contribution in [2.24, 2.45) is 5.84 Å². The molecule has 1 aromatic heterocycles. The van der Waals surface area contributed by atoms with Gasteiger partial charge >= 0.3 is 0 Å². The average molecular weight is 244 g/mol. The minimum Gasteiger partial charge on any atom is -0.368 e. The Balaban J connectivity index is 2.16. The van der Waals surface area contributed by atoms with Crippen molar-refractivity contribution in [1.82, 2.24) is 9.97 Å². The van der Waals surface area contributed by atoms with Crippen LogP contribution >= 0.6 is 0 Å². The third kappa shape index (κ3) is 2.86. The van der Waals surface area contributed by atoms with Gasteiger partial charge in [0.2, 0.25) is 5.95 Å². The van der Waals surface area contributed by atoms with Gasteiger partial charge in [-0.15, -0.1) is 0 Å². The Morgan fingerprint density at radius 2 is 1.78 bits per heavy atom. The summed E-state index contributed by atoms with van der Waals surface area (Å²) in [4.78, 5) is 8.03. The van der Waals surface area contributed by atoms with Gasteiger partial charge in [-0.2, -0.15) is 9.97 Å². The molecule has 2 aromatic rings. The molecule has 18 heavy (non-hydrogen) atoms. The van der Waals surface area contributed by atoms with Crippen molar-refractivity contribution in [2.75, 3.05) is 16.5 Å². The maximum Gasteiger partial charge on any atom is 0.223 e. The van der Waals surface area contributed by atoms with Crippen molar-refractivity contribution in [2.45, 2.75) is 13.0 Å². The molecule has 6 N–H and O–H groups in total. The number of hydrazine groups is 1. The number of rotatable bonds is 4.